The molecule has 2 fully saturated rings. The number of nitrogens with zero attached hydrogens (tertiary/aromatic N) is 3. The Kier molecular flexibility index (Phi) is 7.53. The Labute approximate surface area is 164 Å². The molecule has 1 aromatic carbocycles. The maximum absolute atomic E-state index is 12.6. The van der Waals surface area contributed by atoms with E-state index in [1.807, 2.05) is 36.2 Å². The normalized spacial score (nSPS) is 19.8. The Balaban J connectivity index is 1.37. The zero-order valence-electron chi connectivity index (χ0n) is 17.0. The standard InChI is InChI=1S/C22H35N3O2/c1-23(16-20-8-10-21(27-2)11-9-20)22(26)18-25-14-12-24(13-15-25)17-19-6-4-3-5-7-19/h8-11,19H,3-7,12-18H2,1-2H3. The molecule has 0 unspecified atom stereocenters. The van der Waals surface area contributed by atoms with E-state index in [2.05, 4.69) is 9.80 Å². The maximum Gasteiger partial charge on any atom is 0.236 e. The Hall–Kier alpha value is -1.59. The number of amides is 1. The van der Waals surface area contributed by atoms with Crippen molar-refractivity contribution in [1.29, 1.82) is 0 Å². The van der Waals surface area contributed by atoms with Crippen molar-refractivity contribution in [3.05, 3.63) is 29.8 Å². The van der Waals surface area contributed by atoms with E-state index in [1.165, 1.54) is 38.6 Å². The van der Waals surface area contributed by atoms with Gasteiger partial charge >= 0.3 is 0 Å². The molecule has 1 saturated heterocycles. The van der Waals surface area contributed by atoms with Crippen molar-refractivity contribution in [2.24, 2.45) is 5.92 Å². The first kappa shape index (κ1) is 20.2. The first-order chi connectivity index (χ1) is 13.1. The van der Waals surface area contributed by atoms with Crippen LogP contribution in [0.25, 0.3) is 0 Å². The van der Waals surface area contributed by atoms with Crippen LogP contribution in [-0.2, 0) is 11.3 Å². The molecule has 1 aromatic rings. The SMILES string of the molecule is COc1ccc(CN(C)C(=O)CN2CCN(CC3CCCCC3)CC2)cc1. The predicted molar refractivity (Wildman–Crippen MR) is 109 cm³/mol. The lowest BCUT2D eigenvalue weighted by molar-refractivity contribution is -0.132. The summed E-state index contributed by atoms with van der Waals surface area (Å²) in [4.78, 5) is 19.3. The van der Waals surface area contributed by atoms with Crippen LogP contribution in [0, 0.1) is 5.92 Å². The monoisotopic (exact) mass is 373 g/mol. The summed E-state index contributed by atoms with van der Waals surface area (Å²) in [6.45, 7) is 6.66. The van der Waals surface area contributed by atoms with Crippen LogP contribution < -0.4 is 4.74 Å². The zero-order valence-corrected chi connectivity index (χ0v) is 17.0. The second-order valence-electron chi connectivity index (χ2n) is 8.18. The summed E-state index contributed by atoms with van der Waals surface area (Å²) < 4.78 is 5.19. The minimum atomic E-state index is 0.201. The van der Waals surface area contributed by atoms with Crippen LogP contribution >= 0.6 is 0 Å². The van der Waals surface area contributed by atoms with Gasteiger partial charge in [0.2, 0.25) is 5.91 Å². The number of benzene rings is 1. The molecular weight excluding hydrogens is 338 g/mol. The minimum Gasteiger partial charge on any atom is -0.497 e. The maximum atomic E-state index is 12.6. The van der Waals surface area contributed by atoms with Crippen molar-refractivity contribution < 1.29 is 9.53 Å². The van der Waals surface area contributed by atoms with Gasteiger partial charge in [-0.3, -0.25) is 9.69 Å². The molecule has 0 spiro atoms. The van der Waals surface area contributed by atoms with Crippen LogP contribution in [0.1, 0.15) is 37.7 Å². The highest BCUT2D eigenvalue weighted by Gasteiger charge is 2.23. The lowest BCUT2D eigenvalue weighted by atomic mass is 9.89. The molecular formula is C22H35N3O2. The van der Waals surface area contributed by atoms with Gasteiger partial charge in [0.1, 0.15) is 5.75 Å². The Bertz CT molecular complexity index is 576. The lowest BCUT2D eigenvalue weighted by Crippen LogP contribution is -2.50. The quantitative estimate of drug-likeness (QED) is 0.736. The molecule has 0 radical (unpaired) electrons. The number of carbonyl (C=O) groups excluding carboxylic acids is 1. The third-order valence-electron chi connectivity index (χ3n) is 6.07. The van der Waals surface area contributed by atoms with Crippen LogP contribution in [0.15, 0.2) is 24.3 Å². The number of methoxy groups -OCH3 is 1. The summed E-state index contributed by atoms with van der Waals surface area (Å²) in [6.07, 6.45) is 7.08. The fourth-order valence-electron chi connectivity index (χ4n) is 4.27. The summed E-state index contributed by atoms with van der Waals surface area (Å²) in [5, 5.41) is 0. The molecule has 0 N–H and O–H groups in total. The van der Waals surface area contributed by atoms with Gasteiger partial charge < -0.3 is 14.5 Å². The van der Waals surface area contributed by atoms with Gasteiger partial charge in [-0.2, -0.15) is 0 Å². The van der Waals surface area contributed by atoms with E-state index in [0.29, 0.717) is 13.1 Å². The molecule has 0 atom stereocenters. The Morgan fingerprint density at radius 2 is 1.67 bits per heavy atom. The fraction of sp³-hybridized carbons (Fsp3) is 0.682. The van der Waals surface area contributed by atoms with Crippen molar-refractivity contribution in [3.8, 4) is 5.75 Å². The highest BCUT2D eigenvalue weighted by molar-refractivity contribution is 5.78. The van der Waals surface area contributed by atoms with Crippen LogP contribution in [0.2, 0.25) is 0 Å². The van der Waals surface area contributed by atoms with Gasteiger partial charge in [0.05, 0.1) is 13.7 Å². The number of hydrogen-bond acceptors (Lipinski definition) is 4. The summed E-state index contributed by atoms with van der Waals surface area (Å²) in [6, 6.07) is 7.93. The van der Waals surface area contributed by atoms with Crippen molar-refractivity contribution >= 4 is 5.91 Å². The number of hydrogen-bond donors (Lipinski definition) is 0. The third-order valence-corrected chi connectivity index (χ3v) is 6.07. The molecule has 2 aliphatic rings. The van der Waals surface area contributed by atoms with Crippen molar-refractivity contribution in [3.63, 3.8) is 0 Å². The van der Waals surface area contributed by atoms with Crippen LogP contribution in [0.3, 0.4) is 0 Å². The molecule has 5 heteroatoms. The molecule has 1 aliphatic carbocycles. The lowest BCUT2D eigenvalue weighted by Gasteiger charge is -2.37. The van der Waals surface area contributed by atoms with Crippen LogP contribution in [0.5, 0.6) is 5.75 Å². The number of likely N-dealkylation sites (N-methyl/N-ethyl adjacent to an activating group) is 1. The summed E-state index contributed by atoms with van der Waals surface area (Å²) in [5.41, 5.74) is 1.13. The Morgan fingerprint density at radius 1 is 1.04 bits per heavy atom. The van der Waals surface area contributed by atoms with E-state index in [9.17, 15) is 4.79 Å². The number of piperazine rings is 1. The van der Waals surface area contributed by atoms with E-state index >= 15 is 0 Å². The number of rotatable bonds is 7. The second-order valence-corrected chi connectivity index (χ2v) is 8.18. The molecule has 0 aromatic heterocycles. The van der Waals surface area contributed by atoms with Gasteiger partial charge in [-0.15, -0.1) is 0 Å². The Morgan fingerprint density at radius 3 is 2.30 bits per heavy atom. The first-order valence-electron chi connectivity index (χ1n) is 10.5. The molecule has 27 heavy (non-hydrogen) atoms. The summed E-state index contributed by atoms with van der Waals surface area (Å²) >= 11 is 0. The van der Waals surface area contributed by atoms with Crippen LogP contribution in [0.4, 0.5) is 0 Å². The molecule has 1 amide bonds. The second kappa shape index (κ2) is 10.1. The highest BCUT2D eigenvalue weighted by atomic mass is 16.5. The van der Waals surface area contributed by atoms with E-state index in [1.54, 1.807) is 7.11 Å². The minimum absolute atomic E-state index is 0.201. The summed E-state index contributed by atoms with van der Waals surface area (Å²) in [5.74, 6) is 1.95. The van der Waals surface area contributed by atoms with Crippen LogP contribution in [-0.4, -0.2) is 74.0 Å². The molecule has 5 nitrogen and oxygen atoms in total. The highest BCUT2D eigenvalue weighted by Crippen LogP contribution is 2.24. The van der Waals surface area contributed by atoms with Gasteiger partial charge in [0.15, 0.2) is 0 Å². The topological polar surface area (TPSA) is 36.0 Å². The predicted octanol–water partition coefficient (Wildman–Crippen LogP) is 2.85. The molecule has 1 saturated carbocycles. The van der Waals surface area contributed by atoms with Gasteiger partial charge in [-0.05, 0) is 36.5 Å². The van der Waals surface area contributed by atoms with E-state index in [4.69, 9.17) is 4.74 Å². The van der Waals surface area contributed by atoms with E-state index in [0.717, 1.165) is 43.4 Å². The average molecular weight is 374 g/mol. The first-order valence-corrected chi connectivity index (χ1v) is 10.5. The fourth-order valence-corrected chi connectivity index (χ4v) is 4.27. The average Bonchev–Trinajstić information content (AvgIpc) is 2.71. The van der Waals surface area contributed by atoms with Gasteiger partial charge in [-0.25, -0.2) is 0 Å². The van der Waals surface area contributed by atoms with E-state index < -0.39 is 0 Å². The zero-order chi connectivity index (χ0) is 19.1. The van der Waals surface area contributed by atoms with Crippen molar-refractivity contribution in [2.45, 2.75) is 38.6 Å². The largest absolute Gasteiger partial charge is 0.497 e. The number of carbonyl (C=O) groups is 1. The van der Waals surface area contributed by atoms with Gasteiger partial charge in [-0.1, -0.05) is 31.4 Å². The smallest absolute Gasteiger partial charge is 0.236 e. The van der Waals surface area contributed by atoms with Crippen molar-refractivity contribution in [1.82, 2.24) is 14.7 Å². The van der Waals surface area contributed by atoms with Gasteiger partial charge in [0.25, 0.3) is 0 Å². The van der Waals surface area contributed by atoms with Crippen molar-refractivity contribution in [2.75, 3.05) is 53.4 Å². The molecule has 1 heterocycles. The van der Waals surface area contributed by atoms with Gasteiger partial charge in [0, 0.05) is 46.3 Å². The number of ether oxygens (including phenoxy) is 1. The molecule has 1 aliphatic heterocycles. The molecule has 0 bridgehead atoms. The van der Waals surface area contributed by atoms with E-state index in [-0.39, 0.29) is 5.91 Å². The summed E-state index contributed by atoms with van der Waals surface area (Å²) in [7, 11) is 3.56. The third kappa shape index (κ3) is 6.22. The molecule has 3 rings (SSSR count). The molecule has 150 valence electrons.